The van der Waals surface area contributed by atoms with Crippen LogP contribution in [0.25, 0.3) is 10.4 Å². The van der Waals surface area contributed by atoms with Crippen LogP contribution in [-0.4, -0.2) is 37.2 Å². The van der Waals surface area contributed by atoms with Crippen LogP contribution < -0.4 is 21.1 Å². The van der Waals surface area contributed by atoms with E-state index in [1.807, 2.05) is 0 Å². The lowest BCUT2D eigenvalue weighted by atomic mass is 9.88. The average Bonchev–Trinajstić information content (AvgIpc) is 3.36. The predicted octanol–water partition coefficient (Wildman–Crippen LogP) is 5.47. The second-order valence-corrected chi connectivity index (χ2v) is 13.7. The lowest BCUT2D eigenvalue weighted by Gasteiger charge is -2.26. The van der Waals surface area contributed by atoms with Gasteiger partial charge in [0.25, 0.3) is 0 Å². The van der Waals surface area contributed by atoms with E-state index in [9.17, 15) is 22.4 Å². The van der Waals surface area contributed by atoms with E-state index in [0.29, 0.717) is 28.8 Å². The summed E-state index contributed by atoms with van der Waals surface area (Å²) in [4.78, 5) is 28.9. The van der Waals surface area contributed by atoms with Gasteiger partial charge in [0, 0.05) is 35.4 Å². The zero-order valence-corrected chi connectivity index (χ0v) is 24.7. The monoisotopic (exact) mass is 603 g/mol. The van der Waals surface area contributed by atoms with Gasteiger partial charge in [-0.3, -0.25) is 0 Å². The molecule has 1 heterocycles. The zero-order valence-electron chi connectivity index (χ0n) is 23.1. The van der Waals surface area contributed by atoms with Gasteiger partial charge in [-0.2, -0.15) is 0 Å². The minimum atomic E-state index is -3.99. The number of hydrogen-bond acceptors (Lipinski definition) is 7. The maximum atomic E-state index is 13.5. The number of urea groups is 1. The summed E-state index contributed by atoms with van der Waals surface area (Å²) in [5.74, 6) is -0.241. The normalized spacial score (nSPS) is 17.6. The Balaban J connectivity index is 1.55. The number of sulfonamides is 1. The first-order valence-corrected chi connectivity index (χ1v) is 15.5. The van der Waals surface area contributed by atoms with Crippen molar-refractivity contribution in [2.75, 3.05) is 5.32 Å². The van der Waals surface area contributed by atoms with E-state index in [1.54, 1.807) is 51.2 Å². The summed E-state index contributed by atoms with van der Waals surface area (Å²) in [7, 11) is -3.99. The van der Waals surface area contributed by atoms with Crippen LogP contribution in [0.1, 0.15) is 62.9 Å². The highest BCUT2D eigenvalue weighted by Gasteiger charge is 2.29. The minimum Gasteiger partial charge on any atom is -0.446 e. The number of carbonyl (C=O) groups is 2. The van der Waals surface area contributed by atoms with Crippen LogP contribution >= 0.6 is 11.3 Å². The highest BCUT2D eigenvalue weighted by atomic mass is 32.2. The van der Waals surface area contributed by atoms with E-state index in [-0.39, 0.29) is 29.1 Å². The van der Waals surface area contributed by atoms with E-state index in [2.05, 4.69) is 20.3 Å². The van der Waals surface area contributed by atoms with Gasteiger partial charge in [-0.1, -0.05) is 18.2 Å². The van der Waals surface area contributed by atoms with Gasteiger partial charge in [0.1, 0.15) is 11.9 Å². The van der Waals surface area contributed by atoms with Gasteiger partial charge in [0.2, 0.25) is 10.0 Å². The highest BCUT2D eigenvalue weighted by Crippen LogP contribution is 2.40. The maximum Gasteiger partial charge on any atom is 0.404 e. The van der Waals surface area contributed by atoms with Crippen LogP contribution in [0.15, 0.2) is 53.6 Å². The number of hydrogen-bond donors (Lipinski definition) is 4. The summed E-state index contributed by atoms with van der Waals surface area (Å²) >= 11 is 1.42. The fourth-order valence-corrected chi connectivity index (χ4v) is 7.54. The Morgan fingerprint density at radius 1 is 1.12 bits per heavy atom. The van der Waals surface area contributed by atoms with Crippen molar-refractivity contribution < 1.29 is 27.1 Å². The first kappa shape index (κ1) is 30.4. The van der Waals surface area contributed by atoms with E-state index >= 15 is 0 Å². The third-order valence-electron chi connectivity index (χ3n) is 6.41. The first-order valence-electron chi connectivity index (χ1n) is 13.2. The molecule has 41 heavy (non-hydrogen) atoms. The van der Waals surface area contributed by atoms with Crippen molar-refractivity contribution in [3.63, 3.8) is 0 Å². The number of aromatic nitrogens is 1. The van der Waals surface area contributed by atoms with Crippen molar-refractivity contribution in [2.24, 2.45) is 5.73 Å². The second-order valence-electron chi connectivity index (χ2n) is 11.0. The Bertz CT molecular complexity index is 1510. The highest BCUT2D eigenvalue weighted by molar-refractivity contribution is 7.89. The number of benzene rings is 2. The number of primary amides is 1. The summed E-state index contributed by atoms with van der Waals surface area (Å²) in [5.41, 5.74) is 5.72. The Morgan fingerprint density at radius 3 is 2.51 bits per heavy atom. The standard InChI is InChI=1S/C28H34FN5O5S2/c1-28(2,3)34-41(37,38)24-14-20(33-27(36)32-15-17-5-4-6-19(29)13-17)9-12-22(24)23-16-31-25(40-23)18-7-10-21(11-8-18)39-26(30)35/h4-6,9,12-14,16,18,21,34H,7-8,10-11,15H2,1-3H3,(H2,30,35)(H2,32,33,36). The Kier molecular flexibility index (Phi) is 9.30. The number of nitrogens with one attached hydrogen (secondary N) is 3. The molecule has 5 N–H and O–H groups in total. The molecule has 0 unspecified atom stereocenters. The number of halogens is 1. The van der Waals surface area contributed by atoms with Crippen LogP contribution in [-0.2, 0) is 21.3 Å². The SMILES string of the molecule is CC(C)(C)NS(=O)(=O)c1cc(NC(=O)NCc2cccc(F)c2)ccc1-c1cnc(C2CCC(OC(N)=O)CC2)s1. The number of ether oxygens (including phenoxy) is 1. The number of nitrogens with two attached hydrogens (primary N) is 1. The molecule has 0 atom stereocenters. The third kappa shape index (κ3) is 8.47. The van der Waals surface area contributed by atoms with Crippen LogP contribution in [0.3, 0.4) is 0 Å². The molecule has 0 bridgehead atoms. The molecule has 0 saturated heterocycles. The minimum absolute atomic E-state index is 0.00382. The van der Waals surface area contributed by atoms with E-state index < -0.39 is 33.5 Å². The number of anilines is 1. The Labute approximate surface area is 242 Å². The second kappa shape index (κ2) is 12.5. The summed E-state index contributed by atoms with van der Waals surface area (Å²) in [6, 6.07) is 10.00. The number of thiazole rings is 1. The molecule has 220 valence electrons. The molecule has 0 aliphatic heterocycles. The van der Waals surface area contributed by atoms with E-state index in [4.69, 9.17) is 10.5 Å². The largest absolute Gasteiger partial charge is 0.446 e. The smallest absolute Gasteiger partial charge is 0.404 e. The number of carbonyl (C=O) groups excluding carboxylic acids is 2. The quantitative estimate of drug-likeness (QED) is 0.268. The fraction of sp³-hybridized carbons (Fsp3) is 0.393. The Morgan fingerprint density at radius 2 is 1.85 bits per heavy atom. The van der Waals surface area contributed by atoms with Crippen molar-refractivity contribution >= 4 is 39.2 Å². The summed E-state index contributed by atoms with van der Waals surface area (Å²) in [6.07, 6.45) is 3.60. The average molecular weight is 604 g/mol. The molecule has 1 aromatic heterocycles. The van der Waals surface area contributed by atoms with Gasteiger partial charge in [-0.05, 0) is 76.3 Å². The molecular weight excluding hydrogens is 569 g/mol. The van der Waals surface area contributed by atoms with Gasteiger partial charge in [0.15, 0.2) is 0 Å². The summed E-state index contributed by atoms with van der Waals surface area (Å²) in [6.45, 7) is 5.33. The molecule has 10 nitrogen and oxygen atoms in total. The molecule has 1 aliphatic carbocycles. The van der Waals surface area contributed by atoms with Crippen LogP contribution in [0.5, 0.6) is 0 Å². The van der Waals surface area contributed by atoms with E-state index in [0.717, 1.165) is 17.8 Å². The molecule has 1 saturated carbocycles. The molecule has 4 rings (SSSR count). The van der Waals surface area contributed by atoms with Crippen molar-refractivity contribution in [2.45, 2.75) is 75.5 Å². The first-order chi connectivity index (χ1) is 19.3. The molecule has 1 fully saturated rings. The number of nitrogens with zero attached hydrogens (tertiary/aromatic N) is 1. The summed E-state index contributed by atoms with van der Waals surface area (Å²) in [5, 5.41) is 6.19. The molecule has 13 heteroatoms. The lowest BCUT2D eigenvalue weighted by Crippen LogP contribution is -2.40. The maximum absolute atomic E-state index is 13.5. The number of rotatable bonds is 8. The predicted molar refractivity (Wildman–Crippen MR) is 156 cm³/mol. The lowest BCUT2D eigenvalue weighted by molar-refractivity contribution is 0.0787. The van der Waals surface area contributed by atoms with Crippen LogP contribution in [0, 0.1) is 5.82 Å². The van der Waals surface area contributed by atoms with Crippen molar-refractivity contribution in [3.8, 4) is 10.4 Å². The van der Waals surface area contributed by atoms with Crippen molar-refractivity contribution in [1.82, 2.24) is 15.0 Å². The van der Waals surface area contributed by atoms with Crippen molar-refractivity contribution in [1.29, 1.82) is 0 Å². The zero-order chi connectivity index (χ0) is 29.8. The fourth-order valence-electron chi connectivity index (χ4n) is 4.68. The third-order valence-corrected chi connectivity index (χ3v) is 9.40. The topological polar surface area (TPSA) is 153 Å². The molecule has 0 radical (unpaired) electrons. The van der Waals surface area contributed by atoms with Gasteiger partial charge < -0.3 is 21.1 Å². The number of amides is 3. The van der Waals surface area contributed by atoms with E-state index in [1.165, 1.54) is 29.5 Å². The van der Waals surface area contributed by atoms with Crippen LogP contribution in [0.4, 0.5) is 19.7 Å². The van der Waals surface area contributed by atoms with Gasteiger partial charge in [-0.15, -0.1) is 11.3 Å². The molecule has 0 spiro atoms. The summed E-state index contributed by atoms with van der Waals surface area (Å²) < 4.78 is 48.3. The molecule has 3 amide bonds. The van der Waals surface area contributed by atoms with Crippen molar-refractivity contribution in [3.05, 3.63) is 65.0 Å². The Hall–Kier alpha value is -3.55. The van der Waals surface area contributed by atoms with Gasteiger partial charge in [-0.25, -0.2) is 32.1 Å². The molecule has 2 aromatic carbocycles. The van der Waals surface area contributed by atoms with Gasteiger partial charge in [0.05, 0.1) is 14.8 Å². The van der Waals surface area contributed by atoms with Gasteiger partial charge >= 0.3 is 12.1 Å². The van der Waals surface area contributed by atoms with Crippen LogP contribution in [0.2, 0.25) is 0 Å². The molecular formula is C28H34FN5O5S2. The molecule has 1 aliphatic rings. The molecule has 3 aromatic rings.